The number of hydrogen-bond acceptors (Lipinski definition) is 3. The van der Waals surface area contributed by atoms with Crippen LogP contribution in [0.25, 0.3) is 0 Å². The molecule has 0 spiro atoms. The van der Waals surface area contributed by atoms with Gasteiger partial charge in [-0.2, -0.15) is 0 Å². The number of nitrogens with one attached hydrogen (secondary N) is 1. The van der Waals surface area contributed by atoms with Crippen molar-refractivity contribution in [3.8, 4) is 0 Å². The van der Waals surface area contributed by atoms with Gasteiger partial charge in [-0.25, -0.2) is 4.72 Å². The molecule has 0 saturated carbocycles. The maximum absolute atomic E-state index is 5.07. The summed E-state index contributed by atoms with van der Waals surface area (Å²) in [5, 5.41) is 0. The molecule has 1 unspecified atom stereocenters. The standard InChI is InChI=1S/C6H13NOS/c1-3-6(2)4-5-8-9-7-6/h7H,3-5H2,1-2H3. The first kappa shape index (κ1) is 7.38. The van der Waals surface area contributed by atoms with Crippen LogP contribution in [0.2, 0.25) is 0 Å². The van der Waals surface area contributed by atoms with Crippen molar-refractivity contribution in [1.82, 2.24) is 4.72 Å². The number of rotatable bonds is 1. The largest absolute Gasteiger partial charge is 0.301 e. The zero-order valence-electron chi connectivity index (χ0n) is 5.94. The molecule has 1 fully saturated rings. The normalized spacial score (nSPS) is 36.7. The average Bonchev–Trinajstić information content (AvgIpc) is 1.90. The van der Waals surface area contributed by atoms with Crippen LogP contribution in [0.1, 0.15) is 26.7 Å². The Kier molecular flexibility index (Phi) is 2.38. The van der Waals surface area contributed by atoms with Crippen molar-refractivity contribution in [3.63, 3.8) is 0 Å². The van der Waals surface area contributed by atoms with E-state index in [4.69, 9.17) is 4.18 Å². The molecule has 3 heteroatoms. The second-order valence-electron chi connectivity index (χ2n) is 2.67. The molecule has 54 valence electrons. The van der Waals surface area contributed by atoms with E-state index in [1.807, 2.05) is 0 Å². The lowest BCUT2D eigenvalue weighted by atomic mass is 9.97. The predicted octanol–water partition coefficient (Wildman–Crippen LogP) is 1.73. The molecule has 0 aromatic heterocycles. The monoisotopic (exact) mass is 147 g/mol. The van der Waals surface area contributed by atoms with E-state index in [2.05, 4.69) is 18.6 Å². The SMILES string of the molecule is CCC1(C)CCOSN1. The second kappa shape index (κ2) is 2.90. The molecule has 0 amide bonds. The Bertz CT molecular complexity index is 91.1. The summed E-state index contributed by atoms with van der Waals surface area (Å²) in [6.45, 7) is 5.30. The fourth-order valence-corrected chi connectivity index (χ4v) is 1.41. The van der Waals surface area contributed by atoms with Crippen molar-refractivity contribution in [3.05, 3.63) is 0 Å². The molecule has 1 heterocycles. The van der Waals surface area contributed by atoms with Gasteiger partial charge in [-0.1, -0.05) is 6.92 Å². The van der Waals surface area contributed by atoms with Crippen LogP contribution in [0.5, 0.6) is 0 Å². The molecule has 1 aliphatic heterocycles. The molecule has 0 radical (unpaired) electrons. The predicted molar refractivity (Wildman–Crippen MR) is 40.0 cm³/mol. The molecule has 1 atom stereocenters. The zero-order valence-corrected chi connectivity index (χ0v) is 6.75. The highest BCUT2D eigenvalue weighted by Crippen LogP contribution is 2.23. The Morgan fingerprint density at radius 3 is 2.89 bits per heavy atom. The van der Waals surface area contributed by atoms with Crippen molar-refractivity contribution in [2.75, 3.05) is 6.61 Å². The molecule has 1 rings (SSSR count). The molecule has 0 aromatic carbocycles. The highest BCUT2D eigenvalue weighted by molar-refractivity contribution is 7.92. The molecule has 2 nitrogen and oxygen atoms in total. The Morgan fingerprint density at radius 2 is 2.56 bits per heavy atom. The molecule has 1 N–H and O–H groups in total. The summed E-state index contributed by atoms with van der Waals surface area (Å²) in [6, 6.07) is 0. The first-order chi connectivity index (χ1) is 4.27. The third kappa shape index (κ3) is 1.85. The van der Waals surface area contributed by atoms with Gasteiger partial charge in [-0.15, -0.1) is 0 Å². The van der Waals surface area contributed by atoms with Crippen molar-refractivity contribution in [1.29, 1.82) is 0 Å². The average molecular weight is 147 g/mol. The smallest absolute Gasteiger partial charge is 0.0794 e. The summed E-state index contributed by atoms with van der Waals surface area (Å²) < 4.78 is 8.31. The molecule has 0 bridgehead atoms. The quantitative estimate of drug-likeness (QED) is 0.451. The van der Waals surface area contributed by atoms with E-state index in [1.54, 1.807) is 0 Å². The first-order valence-corrected chi connectivity index (χ1v) is 4.07. The van der Waals surface area contributed by atoms with E-state index in [0.29, 0.717) is 5.54 Å². The Morgan fingerprint density at radius 1 is 1.78 bits per heavy atom. The van der Waals surface area contributed by atoms with Gasteiger partial charge in [0.2, 0.25) is 0 Å². The van der Waals surface area contributed by atoms with Gasteiger partial charge in [-0.05, 0) is 19.8 Å². The van der Waals surface area contributed by atoms with Crippen molar-refractivity contribution >= 4 is 12.2 Å². The lowest BCUT2D eigenvalue weighted by Crippen LogP contribution is -2.41. The second-order valence-corrected chi connectivity index (χ2v) is 3.28. The lowest BCUT2D eigenvalue weighted by molar-refractivity contribution is 0.245. The minimum Gasteiger partial charge on any atom is -0.301 e. The van der Waals surface area contributed by atoms with E-state index in [0.717, 1.165) is 13.0 Å². The first-order valence-electron chi connectivity index (χ1n) is 3.32. The van der Waals surface area contributed by atoms with Crippen LogP contribution in [-0.4, -0.2) is 12.1 Å². The van der Waals surface area contributed by atoms with E-state index in [-0.39, 0.29) is 0 Å². The highest BCUT2D eigenvalue weighted by atomic mass is 32.2. The molecular formula is C6H13NOS. The van der Waals surface area contributed by atoms with Crippen LogP contribution in [0.4, 0.5) is 0 Å². The summed E-state index contributed by atoms with van der Waals surface area (Å²) in [6.07, 6.45) is 2.29. The van der Waals surface area contributed by atoms with Gasteiger partial charge in [-0.3, -0.25) is 0 Å². The maximum Gasteiger partial charge on any atom is 0.0794 e. The highest BCUT2D eigenvalue weighted by Gasteiger charge is 2.24. The Hall–Kier alpha value is 0.270. The van der Waals surface area contributed by atoms with Crippen LogP contribution >= 0.6 is 12.2 Å². The third-order valence-corrected chi connectivity index (χ3v) is 2.73. The van der Waals surface area contributed by atoms with E-state index < -0.39 is 0 Å². The van der Waals surface area contributed by atoms with E-state index in [1.165, 1.54) is 18.6 Å². The van der Waals surface area contributed by atoms with Crippen LogP contribution in [0.3, 0.4) is 0 Å². The summed E-state index contributed by atoms with van der Waals surface area (Å²) in [5.41, 5.74) is 0.308. The lowest BCUT2D eigenvalue weighted by Gasteiger charge is -2.31. The van der Waals surface area contributed by atoms with Crippen molar-refractivity contribution < 1.29 is 4.18 Å². The third-order valence-electron chi connectivity index (χ3n) is 1.86. The molecular weight excluding hydrogens is 134 g/mol. The fraction of sp³-hybridized carbons (Fsp3) is 1.00. The Labute approximate surface area is 60.7 Å². The molecule has 1 saturated heterocycles. The summed E-state index contributed by atoms with van der Waals surface area (Å²) >= 11 is 1.38. The van der Waals surface area contributed by atoms with Gasteiger partial charge in [0.25, 0.3) is 0 Å². The van der Waals surface area contributed by atoms with Gasteiger partial charge in [0.05, 0.1) is 18.8 Å². The molecule has 9 heavy (non-hydrogen) atoms. The van der Waals surface area contributed by atoms with Gasteiger partial charge in [0.15, 0.2) is 0 Å². The van der Waals surface area contributed by atoms with Gasteiger partial charge < -0.3 is 4.18 Å². The topological polar surface area (TPSA) is 21.3 Å². The fourth-order valence-electron chi connectivity index (χ4n) is 0.739. The van der Waals surface area contributed by atoms with Gasteiger partial charge >= 0.3 is 0 Å². The maximum atomic E-state index is 5.07. The van der Waals surface area contributed by atoms with Crippen LogP contribution in [0, 0.1) is 0 Å². The minimum absolute atomic E-state index is 0.308. The van der Waals surface area contributed by atoms with Gasteiger partial charge in [0.1, 0.15) is 0 Å². The van der Waals surface area contributed by atoms with Gasteiger partial charge in [0, 0.05) is 5.54 Å². The van der Waals surface area contributed by atoms with E-state index in [9.17, 15) is 0 Å². The minimum atomic E-state index is 0.308. The number of hydrogen-bond donors (Lipinski definition) is 1. The molecule has 0 aliphatic carbocycles. The Balaban J connectivity index is 2.37. The zero-order chi connectivity index (χ0) is 6.74. The molecule has 1 aliphatic rings. The van der Waals surface area contributed by atoms with E-state index >= 15 is 0 Å². The van der Waals surface area contributed by atoms with Crippen molar-refractivity contribution in [2.45, 2.75) is 32.2 Å². The van der Waals surface area contributed by atoms with Crippen molar-refractivity contribution in [2.24, 2.45) is 0 Å². The summed E-state index contributed by atoms with van der Waals surface area (Å²) in [5.74, 6) is 0. The van der Waals surface area contributed by atoms with Crippen LogP contribution in [0.15, 0.2) is 0 Å². The van der Waals surface area contributed by atoms with Crippen LogP contribution < -0.4 is 4.72 Å². The summed E-state index contributed by atoms with van der Waals surface area (Å²) in [7, 11) is 0. The summed E-state index contributed by atoms with van der Waals surface area (Å²) in [4.78, 5) is 0. The molecule has 0 aromatic rings. The van der Waals surface area contributed by atoms with Crippen LogP contribution in [-0.2, 0) is 4.18 Å².